The number of non-ortho nitro benzene ring substituents is 1. The summed E-state index contributed by atoms with van der Waals surface area (Å²) in [6.07, 6.45) is 0. The Morgan fingerprint density at radius 3 is 2.52 bits per heavy atom. The van der Waals surface area contributed by atoms with Gasteiger partial charge >= 0.3 is 0 Å². The van der Waals surface area contributed by atoms with Crippen LogP contribution < -0.4 is 5.32 Å². The summed E-state index contributed by atoms with van der Waals surface area (Å²) in [4.78, 5) is 9.97. The number of halogens is 1. The Morgan fingerprint density at radius 1 is 1.14 bits per heavy atom. The van der Waals surface area contributed by atoms with Gasteiger partial charge in [-0.1, -0.05) is 0 Å². The molecule has 0 saturated heterocycles. The zero-order chi connectivity index (χ0) is 15.6. The lowest BCUT2D eigenvalue weighted by Crippen LogP contribution is -2.02. The van der Waals surface area contributed by atoms with Gasteiger partial charge in [-0.3, -0.25) is 10.1 Å². The first-order valence-corrected chi connectivity index (χ1v) is 5.80. The molecule has 8 heteroatoms. The minimum Gasteiger partial charge on any atom is -0.504 e. The van der Waals surface area contributed by atoms with Gasteiger partial charge in [0.2, 0.25) is 5.75 Å². The Balaban J connectivity index is 2.22. The van der Waals surface area contributed by atoms with Crippen LogP contribution in [0.3, 0.4) is 0 Å². The number of phenolic OH excluding ortho intramolecular Hbond substituents is 3. The molecule has 0 aliphatic rings. The Labute approximate surface area is 118 Å². The standard InChI is InChI=1S/C13H11FN2O5/c14-9-3-2-8(16(20)21)5-10(9)15-6-7-1-4-11(17)13(19)12(7)18/h1-5,15,17-19H,6H2. The molecule has 0 heterocycles. The van der Waals surface area contributed by atoms with Gasteiger partial charge in [0.25, 0.3) is 5.69 Å². The molecule has 0 amide bonds. The van der Waals surface area contributed by atoms with E-state index in [1.807, 2.05) is 0 Å². The van der Waals surface area contributed by atoms with Gasteiger partial charge in [-0.25, -0.2) is 4.39 Å². The fourth-order valence-corrected chi connectivity index (χ4v) is 1.71. The smallest absolute Gasteiger partial charge is 0.271 e. The third-order valence-electron chi connectivity index (χ3n) is 2.84. The van der Waals surface area contributed by atoms with Crippen molar-refractivity contribution in [2.45, 2.75) is 6.54 Å². The summed E-state index contributed by atoms with van der Waals surface area (Å²) in [5, 5.41) is 41.4. The molecule has 2 aromatic carbocycles. The predicted molar refractivity (Wildman–Crippen MR) is 71.8 cm³/mol. The molecule has 0 unspecified atom stereocenters. The fourth-order valence-electron chi connectivity index (χ4n) is 1.71. The van der Waals surface area contributed by atoms with E-state index in [0.29, 0.717) is 0 Å². The Hall–Kier alpha value is -3.03. The van der Waals surface area contributed by atoms with Gasteiger partial charge in [0, 0.05) is 24.2 Å². The lowest BCUT2D eigenvalue weighted by atomic mass is 10.1. The zero-order valence-electron chi connectivity index (χ0n) is 10.6. The van der Waals surface area contributed by atoms with Gasteiger partial charge in [-0.05, 0) is 18.2 Å². The molecule has 0 fully saturated rings. The summed E-state index contributed by atoms with van der Waals surface area (Å²) in [6, 6.07) is 5.49. The summed E-state index contributed by atoms with van der Waals surface area (Å²) in [6.45, 7) is -0.0994. The third kappa shape index (κ3) is 2.94. The number of benzene rings is 2. The summed E-state index contributed by atoms with van der Waals surface area (Å²) >= 11 is 0. The first-order valence-electron chi connectivity index (χ1n) is 5.80. The van der Waals surface area contributed by atoms with Gasteiger partial charge in [-0.15, -0.1) is 0 Å². The van der Waals surface area contributed by atoms with Crippen LogP contribution in [0.2, 0.25) is 0 Å². The molecule has 2 aromatic rings. The summed E-state index contributed by atoms with van der Waals surface area (Å²) in [7, 11) is 0. The molecule has 0 saturated carbocycles. The van der Waals surface area contributed by atoms with Gasteiger partial charge in [0.1, 0.15) is 5.82 Å². The quantitative estimate of drug-likeness (QED) is 0.391. The maximum atomic E-state index is 13.5. The third-order valence-corrected chi connectivity index (χ3v) is 2.84. The molecule has 4 N–H and O–H groups in total. The number of nitro benzene ring substituents is 1. The largest absolute Gasteiger partial charge is 0.504 e. The van der Waals surface area contributed by atoms with Crippen LogP contribution in [0, 0.1) is 15.9 Å². The highest BCUT2D eigenvalue weighted by atomic mass is 19.1. The van der Waals surface area contributed by atoms with Crippen molar-refractivity contribution in [1.29, 1.82) is 0 Å². The van der Waals surface area contributed by atoms with Crippen molar-refractivity contribution in [2.75, 3.05) is 5.32 Å². The van der Waals surface area contributed by atoms with Crippen LogP contribution in [0.5, 0.6) is 17.2 Å². The van der Waals surface area contributed by atoms with Crippen molar-refractivity contribution in [3.05, 3.63) is 51.8 Å². The van der Waals surface area contributed by atoms with Crippen molar-refractivity contribution < 1.29 is 24.6 Å². The van der Waals surface area contributed by atoms with E-state index in [1.54, 1.807) is 0 Å². The van der Waals surface area contributed by atoms with Crippen molar-refractivity contribution >= 4 is 11.4 Å². The van der Waals surface area contributed by atoms with E-state index < -0.39 is 28.0 Å². The van der Waals surface area contributed by atoms with Crippen molar-refractivity contribution in [1.82, 2.24) is 0 Å². The number of rotatable bonds is 4. The number of hydrogen-bond donors (Lipinski definition) is 4. The van der Waals surface area contributed by atoms with Gasteiger partial charge in [0.05, 0.1) is 10.6 Å². The predicted octanol–water partition coefficient (Wildman–Crippen LogP) is 2.46. The van der Waals surface area contributed by atoms with Gasteiger partial charge in [-0.2, -0.15) is 0 Å². The molecule has 0 atom stereocenters. The number of nitro groups is 1. The van der Waals surface area contributed by atoms with E-state index in [-0.39, 0.29) is 23.5 Å². The lowest BCUT2D eigenvalue weighted by Gasteiger charge is -2.10. The van der Waals surface area contributed by atoms with E-state index in [2.05, 4.69) is 5.32 Å². The number of nitrogens with one attached hydrogen (secondary N) is 1. The maximum Gasteiger partial charge on any atom is 0.271 e. The first kappa shape index (κ1) is 14.4. The van der Waals surface area contributed by atoms with Crippen molar-refractivity contribution in [3.8, 4) is 17.2 Å². The number of anilines is 1. The van der Waals surface area contributed by atoms with E-state index in [4.69, 9.17) is 0 Å². The summed E-state index contributed by atoms with van der Waals surface area (Å²) in [5.74, 6) is -2.41. The zero-order valence-corrected chi connectivity index (χ0v) is 10.6. The monoisotopic (exact) mass is 294 g/mol. The highest BCUT2D eigenvalue weighted by molar-refractivity contribution is 5.56. The highest BCUT2D eigenvalue weighted by Gasteiger charge is 2.13. The van der Waals surface area contributed by atoms with Crippen LogP contribution in [0.1, 0.15) is 5.56 Å². The lowest BCUT2D eigenvalue weighted by molar-refractivity contribution is -0.384. The Kier molecular flexibility index (Phi) is 3.79. The molecule has 0 radical (unpaired) electrons. The normalized spacial score (nSPS) is 10.3. The first-order chi connectivity index (χ1) is 9.90. The second-order valence-electron chi connectivity index (χ2n) is 4.22. The minimum absolute atomic E-state index is 0.0994. The molecule has 0 spiro atoms. The van der Waals surface area contributed by atoms with E-state index in [1.165, 1.54) is 6.07 Å². The minimum atomic E-state index is -0.692. The molecule has 0 bridgehead atoms. The Morgan fingerprint density at radius 2 is 1.86 bits per heavy atom. The molecule has 110 valence electrons. The SMILES string of the molecule is O=[N+]([O-])c1ccc(F)c(NCc2ccc(O)c(O)c2O)c1. The van der Waals surface area contributed by atoms with Gasteiger partial charge in [0.15, 0.2) is 11.5 Å². The summed E-state index contributed by atoms with van der Waals surface area (Å²) < 4.78 is 13.5. The van der Waals surface area contributed by atoms with Crippen LogP contribution in [0.4, 0.5) is 15.8 Å². The molecular weight excluding hydrogens is 283 g/mol. The fraction of sp³-hybridized carbons (Fsp3) is 0.0769. The molecular formula is C13H11FN2O5. The van der Waals surface area contributed by atoms with E-state index in [9.17, 15) is 29.8 Å². The number of nitrogens with zero attached hydrogens (tertiary/aromatic N) is 1. The van der Waals surface area contributed by atoms with Crippen LogP contribution in [0.25, 0.3) is 0 Å². The molecule has 7 nitrogen and oxygen atoms in total. The van der Waals surface area contributed by atoms with E-state index >= 15 is 0 Å². The molecule has 0 aliphatic heterocycles. The topological polar surface area (TPSA) is 116 Å². The van der Waals surface area contributed by atoms with Gasteiger partial charge < -0.3 is 20.6 Å². The molecule has 2 rings (SSSR count). The van der Waals surface area contributed by atoms with E-state index in [0.717, 1.165) is 24.3 Å². The number of phenols is 3. The van der Waals surface area contributed by atoms with Crippen LogP contribution in [-0.2, 0) is 6.54 Å². The van der Waals surface area contributed by atoms with Crippen LogP contribution in [0.15, 0.2) is 30.3 Å². The van der Waals surface area contributed by atoms with Crippen LogP contribution >= 0.6 is 0 Å². The molecule has 21 heavy (non-hydrogen) atoms. The number of hydrogen-bond acceptors (Lipinski definition) is 6. The van der Waals surface area contributed by atoms with Crippen LogP contribution in [-0.4, -0.2) is 20.2 Å². The Bertz CT molecular complexity index is 705. The highest BCUT2D eigenvalue weighted by Crippen LogP contribution is 2.37. The van der Waals surface area contributed by atoms with Crippen molar-refractivity contribution in [3.63, 3.8) is 0 Å². The average molecular weight is 294 g/mol. The second-order valence-corrected chi connectivity index (χ2v) is 4.22. The molecule has 0 aliphatic carbocycles. The summed E-state index contributed by atoms with van der Waals surface area (Å²) in [5.41, 5.74) is -0.205. The molecule has 0 aromatic heterocycles. The second kappa shape index (κ2) is 5.53. The maximum absolute atomic E-state index is 13.5. The number of aromatic hydroxyl groups is 3. The van der Waals surface area contributed by atoms with Crippen molar-refractivity contribution in [2.24, 2.45) is 0 Å². The average Bonchev–Trinajstić information content (AvgIpc) is 2.45.